The Kier molecular flexibility index (Phi) is 8.63. The number of aromatic nitrogens is 1. The van der Waals surface area contributed by atoms with Crippen molar-refractivity contribution in [3.05, 3.63) is 24.0 Å². The highest BCUT2D eigenvalue weighted by Crippen LogP contribution is 2.05. The van der Waals surface area contributed by atoms with Crippen LogP contribution in [0.1, 0.15) is 52.7 Å². The molecule has 0 saturated heterocycles. The average molecular weight is 279 g/mol. The topological polar surface area (TPSA) is 20.2 Å². The molecule has 0 fully saturated rings. The molecule has 1 rings (SSSR count). The zero-order valence-electron chi connectivity index (χ0n) is 13.9. The minimum absolute atomic E-state index is 0.593. The van der Waals surface area contributed by atoms with E-state index in [-0.39, 0.29) is 0 Å². The van der Waals surface area contributed by atoms with Crippen LogP contribution in [0.15, 0.2) is 18.3 Å². The summed E-state index contributed by atoms with van der Waals surface area (Å²) in [5.41, 5.74) is 1.41. The Balaban J connectivity index is 2.22. The molecule has 116 valence electrons. The first-order valence-corrected chi connectivity index (χ1v) is 8.30. The molecule has 1 heterocycles. The van der Waals surface area contributed by atoms with E-state index in [1.54, 1.807) is 0 Å². The van der Waals surface area contributed by atoms with Gasteiger partial charge in [0.15, 0.2) is 0 Å². The van der Waals surface area contributed by atoms with Gasteiger partial charge in [0.2, 0.25) is 0 Å². The number of nitrogens with one attached hydrogen (secondary N) is 1. The van der Waals surface area contributed by atoms with Crippen LogP contribution in [0.2, 0.25) is 0 Å². The summed E-state index contributed by atoms with van der Waals surface area (Å²) in [7, 11) is 0. The van der Waals surface area contributed by atoms with Crippen LogP contribution in [0.5, 0.6) is 0 Å². The summed E-state index contributed by atoms with van der Waals surface area (Å²) in [5.74, 6) is 0. The first kappa shape index (κ1) is 17.3. The van der Waals surface area contributed by atoms with Gasteiger partial charge in [-0.3, -0.25) is 0 Å². The van der Waals surface area contributed by atoms with E-state index < -0.39 is 0 Å². The Labute approximate surface area is 125 Å². The van der Waals surface area contributed by atoms with E-state index in [4.69, 9.17) is 0 Å². The summed E-state index contributed by atoms with van der Waals surface area (Å²) in [5, 5.41) is 3.65. The third kappa shape index (κ3) is 6.10. The molecule has 0 spiro atoms. The van der Waals surface area contributed by atoms with Gasteiger partial charge in [-0.15, -0.1) is 0 Å². The number of hydrogen-bond donors (Lipinski definition) is 1. The smallest absolute Gasteiger partial charge is 0.0361 e. The number of aryl methyl sites for hydroxylation is 1. The normalized spacial score (nSPS) is 13.1. The van der Waals surface area contributed by atoms with Gasteiger partial charge in [-0.05, 0) is 58.0 Å². The molecule has 1 aromatic rings. The molecule has 0 aliphatic carbocycles. The Bertz CT molecular complexity index is 342. The maximum Gasteiger partial charge on any atom is 0.0361 e. The first-order chi connectivity index (χ1) is 9.71. The second-order valence-electron chi connectivity index (χ2n) is 5.64. The lowest BCUT2D eigenvalue weighted by Crippen LogP contribution is -2.29. The summed E-state index contributed by atoms with van der Waals surface area (Å²) in [6.07, 6.45) is 5.92. The molecule has 0 bridgehead atoms. The van der Waals surface area contributed by atoms with Gasteiger partial charge >= 0.3 is 0 Å². The fourth-order valence-electron chi connectivity index (χ4n) is 2.61. The van der Waals surface area contributed by atoms with Gasteiger partial charge < -0.3 is 14.8 Å². The van der Waals surface area contributed by atoms with Gasteiger partial charge in [-0.25, -0.2) is 0 Å². The van der Waals surface area contributed by atoms with Crippen LogP contribution in [0.25, 0.3) is 0 Å². The zero-order valence-corrected chi connectivity index (χ0v) is 13.9. The van der Waals surface area contributed by atoms with Crippen LogP contribution in [0.3, 0.4) is 0 Å². The molecule has 3 nitrogen and oxygen atoms in total. The van der Waals surface area contributed by atoms with Crippen molar-refractivity contribution in [2.45, 2.75) is 66.1 Å². The van der Waals surface area contributed by atoms with Gasteiger partial charge in [0.1, 0.15) is 0 Å². The van der Waals surface area contributed by atoms with Gasteiger partial charge in [0.05, 0.1) is 0 Å². The third-order valence-electron chi connectivity index (χ3n) is 4.03. The average Bonchev–Trinajstić information content (AvgIpc) is 2.89. The second kappa shape index (κ2) is 10.0. The maximum atomic E-state index is 3.65. The van der Waals surface area contributed by atoms with E-state index in [9.17, 15) is 0 Å². The molecule has 1 unspecified atom stereocenters. The number of nitrogens with zero attached hydrogens (tertiary/aromatic N) is 2. The number of hydrogen-bond acceptors (Lipinski definition) is 2. The molecule has 1 N–H and O–H groups in total. The van der Waals surface area contributed by atoms with Crippen molar-refractivity contribution in [1.82, 2.24) is 14.8 Å². The Morgan fingerprint density at radius 1 is 1.25 bits per heavy atom. The van der Waals surface area contributed by atoms with Crippen molar-refractivity contribution in [2.75, 3.05) is 19.6 Å². The van der Waals surface area contributed by atoms with Gasteiger partial charge in [0.25, 0.3) is 0 Å². The van der Waals surface area contributed by atoms with E-state index in [0.717, 1.165) is 13.1 Å². The fourth-order valence-corrected chi connectivity index (χ4v) is 2.61. The van der Waals surface area contributed by atoms with E-state index in [1.165, 1.54) is 44.6 Å². The molecular weight excluding hydrogens is 246 g/mol. The van der Waals surface area contributed by atoms with Crippen molar-refractivity contribution in [3.8, 4) is 0 Å². The SMILES string of the molecule is CCCn1cccc1CNC(C)CCCN(CC)CC. The number of rotatable bonds is 11. The highest BCUT2D eigenvalue weighted by Gasteiger charge is 2.05. The molecule has 1 atom stereocenters. The molecule has 0 aliphatic rings. The molecule has 0 amide bonds. The summed E-state index contributed by atoms with van der Waals surface area (Å²) in [6.45, 7) is 14.7. The Hall–Kier alpha value is -0.800. The minimum Gasteiger partial charge on any atom is -0.350 e. The van der Waals surface area contributed by atoms with Crippen molar-refractivity contribution in [1.29, 1.82) is 0 Å². The van der Waals surface area contributed by atoms with E-state index in [1.807, 2.05) is 0 Å². The van der Waals surface area contributed by atoms with Crippen LogP contribution >= 0.6 is 0 Å². The largest absolute Gasteiger partial charge is 0.350 e. The molecule has 3 heteroatoms. The van der Waals surface area contributed by atoms with Crippen molar-refractivity contribution in [3.63, 3.8) is 0 Å². The fraction of sp³-hybridized carbons (Fsp3) is 0.765. The summed E-state index contributed by atoms with van der Waals surface area (Å²) in [4.78, 5) is 2.50. The molecule has 20 heavy (non-hydrogen) atoms. The van der Waals surface area contributed by atoms with Gasteiger partial charge in [-0.2, -0.15) is 0 Å². The van der Waals surface area contributed by atoms with Crippen LogP contribution in [0.4, 0.5) is 0 Å². The highest BCUT2D eigenvalue weighted by molar-refractivity contribution is 5.06. The molecule has 0 saturated carbocycles. The lowest BCUT2D eigenvalue weighted by molar-refractivity contribution is 0.290. The van der Waals surface area contributed by atoms with Crippen molar-refractivity contribution < 1.29 is 0 Å². The van der Waals surface area contributed by atoms with Gasteiger partial charge in [-0.1, -0.05) is 20.8 Å². The van der Waals surface area contributed by atoms with Crippen LogP contribution in [-0.2, 0) is 13.1 Å². The molecule has 1 aromatic heterocycles. The second-order valence-corrected chi connectivity index (χ2v) is 5.64. The maximum absolute atomic E-state index is 3.65. The molecule has 0 radical (unpaired) electrons. The van der Waals surface area contributed by atoms with E-state index in [0.29, 0.717) is 6.04 Å². The van der Waals surface area contributed by atoms with Crippen LogP contribution in [0, 0.1) is 0 Å². The monoisotopic (exact) mass is 279 g/mol. The minimum atomic E-state index is 0.593. The Morgan fingerprint density at radius 3 is 2.65 bits per heavy atom. The first-order valence-electron chi connectivity index (χ1n) is 8.30. The highest BCUT2D eigenvalue weighted by atomic mass is 15.1. The van der Waals surface area contributed by atoms with Crippen LogP contribution in [-0.4, -0.2) is 35.1 Å². The van der Waals surface area contributed by atoms with E-state index in [2.05, 4.69) is 60.8 Å². The predicted octanol–water partition coefficient (Wildman–Crippen LogP) is 3.50. The molecular formula is C17H33N3. The quantitative estimate of drug-likeness (QED) is 0.669. The van der Waals surface area contributed by atoms with Crippen molar-refractivity contribution >= 4 is 0 Å². The summed E-state index contributed by atoms with van der Waals surface area (Å²) in [6, 6.07) is 4.97. The lowest BCUT2D eigenvalue weighted by Gasteiger charge is -2.20. The van der Waals surface area contributed by atoms with Crippen LogP contribution < -0.4 is 5.32 Å². The summed E-state index contributed by atoms with van der Waals surface area (Å²) < 4.78 is 2.36. The Morgan fingerprint density at radius 2 is 2.00 bits per heavy atom. The standard InChI is InChI=1S/C17H33N3/c1-5-12-20-14-9-11-17(20)15-18-16(4)10-8-13-19(6-2)7-3/h9,11,14,16,18H,5-8,10,12-13,15H2,1-4H3. The molecule has 0 aromatic carbocycles. The van der Waals surface area contributed by atoms with Crippen molar-refractivity contribution in [2.24, 2.45) is 0 Å². The lowest BCUT2D eigenvalue weighted by atomic mass is 10.1. The zero-order chi connectivity index (χ0) is 14.8. The van der Waals surface area contributed by atoms with E-state index >= 15 is 0 Å². The van der Waals surface area contributed by atoms with Gasteiger partial charge in [0, 0.05) is 31.0 Å². The molecule has 0 aliphatic heterocycles. The predicted molar refractivity (Wildman–Crippen MR) is 88.0 cm³/mol. The summed E-state index contributed by atoms with van der Waals surface area (Å²) >= 11 is 0. The third-order valence-corrected chi connectivity index (χ3v) is 4.03.